The Kier molecular flexibility index (Phi) is 4.59. The fourth-order valence-electron chi connectivity index (χ4n) is 2.00. The van der Waals surface area contributed by atoms with Gasteiger partial charge < -0.3 is 15.2 Å². The van der Waals surface area contributed by atoms with Crippen LogP contribution < -0.4 is 5.32 Å². The summed E-state index contributed by atoms with van der Waals surface area (Å²) in [5, 5.41) is 12.1. The molecule has 0 aromatic rings. The van der Waals surface area contributed by atoms with Crippen LogP contribution in [0.1, 0.15) is 46.5 Å². The van der Waals surface area contributed by atoms with Crippen LogP contribution in [0.15, 0.2) is 0 Å². The summed E-state index contributed by atoms with van der Waals surface area (Å²) in [6.45, 7) is 6.17. The van der Waals surface area contributed by atoms with Crippen molar-refractivity contribution in [3.8, 4) is 0 Å². The molecule has 4 heteroatoms. The second-order valence-electron chi connectivity index (χ2n) is 5.55. The van der Waals surface area contributed by atoms with Gasteiger partial charge in [0.05, 0.1) is 6.10 Å². The quantitative estimate of drug-likeness (QED) is 0.778. The Balaban J connectivity index is 2.09. The van der Waals surface area contributed by atoms with Gasteiger partial charge in [0.25, 0.3) is 0 Å². The van der Waals surface area contributed by atoms with Crippen molar-refractivity contribution in [3.05, 3.63) is 0 Å². The first-order chi connectivity index (χ1) is 7.37. The normalized spacial score (nSPS) is 25.5. The molecule has 0 bridgehead atoms. The number of carbonyl (C=O) groups is 1. The van der Waals surface area contributed by atoms with Gasteiger partial charge in [-0.15, -0.1) is 0 Å². The van der Waals surface area contributed by atoms with Gasteiger partial charge in [0.15, 0.2) is 0 Å². The second-order valence-corrected chi connectivity index (χ2v) is 5.55. The van der Waals surface area contributed by atoms with Gasteiger partial charge in [-0.1, -0.05) is 0 Å². The molecule has 0 aliphatic heterocycles. The molecule has 4 nitrogen and oxygen atoms in total. The fraction of sp³-hybridized carbons (Fsp3) is 0.917. The molecule has 0 spiro atoms. The highest BCUT2D eigenvalue weighted by Gasteiger charge is 2.22. The van der Waals surface area contributed by atoms with E-state index in [1.807, 2.05) is 20.8 Å². The molecule has 1 rings (SSSR count). The number of nitrogens with one attached hydrogen (secondary N) is 1. The topological polar surface area (TPSA) is 58.6 Å². The summed E-state index contributed by atoms with van der Waals surface area (Å²) >= 11 is 0. The molecular weight excluding hydrogens is 206 g/mol. The van der Waals surface area contributed by atoms with Crippen LogP contribution in [0.25, 0.3) is 0 Å². The van der Waals surface area contributed by atoms with Gasteiger partial charge in [0.1, 0.15) is 5.60 Å². The molecular formula is C12H23NO3. The van der Waals surface area contributed by atoms with Crippen molar-refractivity contribution < 1.29 is 14.6 Å². The van der Waals surface area contributed by atoms with Crippen molar-refractivity contribution in [2.24, 2.45) is 5.92 Å². The van der Waals surface area contributed by atoms with Crippen LogP contribution in [-0.4, -0.2) is 29.4 Å². The number of amides is 1. The molecule has 16 heavy (non-hydrogen) atoms. The minimum Gasteiger partial charge on any atom is -0.444 e. The van der Waals surface area contributed by atoms with Crippen LogP contribution in [0.3, 0.4) is 0 Å². The summed E-state index contributed by atoms with van der Waals surface area (Å²) in [7, 11) is 0. The summed E-state index contributed by atoms with van der Waals surface area (Å²) in [4.78, 5) is 11.3. The van der Waals surface area contributed by atoms with Gasteiger partial charge in [-0.05, 0) is 52.4 Å². The van der Waals surface area contributed by atoms with E-state index in [2.05, 4.69) is 5.32 Å². The Morgan fingerprint density at radius 2 is 2.12 bits per heavy atom. The highest BCUT2D eigenvalue weighted by Crippen LogP contribution is 2.27. The summed E-state index contributed by atoms with van der Waals surface area (Å²) in [5.74, 6) is 0.546. The molecule has 1 fully saturated rings. The average molecular weight is 229 g/mol. The summed E-state index contributed by atoms with van der Waals surface area (Å²) in [5.41, 5.74) is -0.437. The molecule has 0 radical (unpaired) electrons. The Hall–Kier alpha value is -0.770. The van der Waals surface area contributed by atoms with Crippen molar-refractivity contribution in [3.63, 3.8) is 0 Å². The van der Waals surface area contributed by atoms with E-state index >= 15 is 0 Å². The largest absolute Gasteiger partial charge is 0.444 e. The van der Waals surface area contributed by atoms with Crippen LogP contribution >= 0.6 is 0 Å². The maximum Gasteiger partial charge on any atom is 0.407 e. The fourth-order valence-corrected chi connectivity index (χ4v) is 2.00. The van der Waals surface area contributed by atoms with E-state index in [0.29, 0.717) is 12.5 Å². The van der Waals surface area contributed by atoms with E-state index in [1.165, 1.54) is 0 Å². The van der Waals surface area contributed by atoms with E-state index in [0.717, 1.165) is 25.7 Å². The lowest BCUT2D eigenvalue weighted by Gasteiger charge is -2.20. The first kappa shape index (κ1) is 13.3. The van der Waals surface area contributed by atoms with E-state index in [-0.39, 0.29) is 12.2 Å². The molecule has 0 saturated heterocycles. The lowest BCUT2D eigenvalue weighted by molar-refractivity contribution is 0.0525. The van der Waals surface area contributed by atoms with E-state index in [9.17, 15) is 9.90 Å². The van der Waals surface area contributed by atoms with Gasteiger partial charge in [-0.2, -0.15) is 0 Å². The van der Waals surface area contributed by atoms with E-state index in [1.54, 1.807) is 0 Å². The van der Waals surface area contributed by atoms with Gasteiger partial charge in [0.2, 0.25) is 0 Å². The molecule has 2 unspecified atom stereocenters. The van der Waals surface area contributed by atoms with Gasteiger partial charge in [-0.25, -0.2) is 4.79 Å². The third-order valence-corrected chi connectivity index (χ3v) is 2.73. The lowest BCUT2D eigenvalue weighted by atomic mass is 10.0. The number of carbonyl (C=O) groups excluding carboxylic acids is 1. The second kappa shape index (κ2) is 5.53. The summed E-state index contributed by atoms with van der Waals surface area (Å²) in [6, 6.07) is 0. The zero-order chi connectivity index (χ0) is 12.2. The van der Waals surface area contributed by atoms with Crippen LogP contribution in [0.5, 0.6) is 0 Å². The van der Waals surface area contributed by atoms with Gasteiger partial charge in [-0.3, -0.25) is 0 Å². The maximum absolute atomic E-state index is 11.3. The molecule has 1 saturated carbocycles. The lowest BCUT2D eigenvalue weighted by Crippen LogP contribution is -2.33. The molecule has 0 heterocycles. The highest BCUT2D eigenvalue weighted by atomic mass is 16.6. The van der Waals surface area contributed by atoms with Crippen molar-refractivity contribution in [2.75, 3.05) is 6.54 Å². The minimum atomic E-state index is -0.437. The standard InChI is InChI=1S/C12H23NO3/c1-12(2,3)16-11(15)13-7-6-9-4-5-10(14)8-9/h9-10,14H,4-8H2,1-3H3,(H,13,15). The van der Waals surface area contributed by atoms with Crippen molar-refractivity contribution in [1.82, 2.24) is 5.32 Å². The van der Waals surface area contributed by atoms with Crippen LogP contribution in [-0.2, 0) is 4.74 Å². The Morgan fingerprint density at radius 3 is 2.62 bits per heavy atom. The minimum absolute atomic E-state index is 0.133. The van der Waals surface area contributed by atoms with Crippen molar-refractivity contribution >= 4 is 6.09 Å². The number of rotatable bonds is 3. The average Bonchev–Trinajstić information content (AvgIpc) is 2.48. The van der Waals surface area contributed by atoms with Crippen molar-refractivity contribution in [2.45, 2.75) is 58.2 Å². The number of aliphatic hydroxyl groups is 1. The molecule has 94 valence electrons. The molecule has 0 aromatic carbocycles. The molecule has 0 aromatic heterocycles. The third kappa shape index (κ3) is 5.35. The van der Waals surface area contributed by atoms with Crippen LogP contribution in [0.4, 0.5) is 4.79 Å². The zero-order valence-corrected chi connectivity index (χ0v) is 10.5. The summed E-state index contributed by atoms with van der Waals surface area (Å²) < 4.78 is 5.12. The molecule has 1 amide bonds. The first-order valence-corrected chi connectivity index (χ1v) is 6.02. The molecule has 1 aliphatic rings. The highest BCUT2D eigenvalue weighted by molar-refractivity contribution is 5.67. The Labute approximate surface area is 97.4 Å². The zero-order valence-electron chi connectivity index (χ0n) is 10.5. The molecule has 1 aliphatic carbocycles. The predicted octanol–water partition coefficient (Wildman–Crippen LogP) is 2.06. The van der Waals surface area contributed by atoms with Crippen LogP contribution in [0, 0.1) is 5.92 Å². The monoisotopic (exact) mass is 229 g/mol. The number of alkyl carbamates (subject to hydrolysis) is 1. The van der Waals surface area contributed by atoms with E-state index in [4.69, 9.17) is 4.74 Å². The third-order valence-electron chi connectivity index (χ3n) is 2.73. The number of ether oxygens (including phenoxy) is 1. The first-order valence-electron chi connectivity index (χ1n) is 6.02. The Morgan fingerprint density at radius 1 is 1.44 bits per heavy atom. The van der Waals surface area contributed by atoms with Gasteiger partial charge >= 0.3 is 6.09 Å². The van der Waals surface area contributed by atoms with Gasteiger partial charge in [0, 0.05) is 6.54 Å². The SMILES string of the molecule is CC(C)(C)OC(=O)NCCC1CCC(O)C1. The Bertz CT molecular complexity index is 235. The van der Waals surface area contributed by atoms with E-state index < -0.39 is 5.60 Å². The number of hydrogen-bond donors (Lipinski definition) is 2. The smallest absolute Gasteiger partial charge is 0.407 e. The number of hydrogen-bond acceptors (Lipinski definition) is 3. The maximum atomic E-state index is 11.3. The van der Waals surface area contributed by atoms with Crippen molar-refractivity contribution in [1.29, 1.82) is 0 Å². The molecule has 2 atom stereocenters. The summed E-state index contributed by atoms with van der Waals surface area (Å²) in [6.07, 6.45) is 3.28. The number of aliphatic hydroxyl groups excluding tert-OH is 1. The molecule has 2 N–H and O–H groups in total. The van der Waals surface area contributed by atoms with Crippen LogP contribution in [0.2, 0.25) is 0 Å². The predicted molar refractivity (Wildman–Crippen MR) is 62.2 cm³/mol.